The number of imidazole rings is 1. The highest BCUT2D eigenvalue weighted by atomic mass is 32.2. The number of rotatable bonds is 7. The normalized spacial score (nSPS) is 15.2. The molecule has 0 radical (unpaired) electrons. The minimum atomic E-state index is -2.26. The van der Waals surface area contributed by atoms with Crippen molar-refractivity contribution >= 4 is 22.3 Å². The summed E-state index contributed by atoms with van der Waals surface area (Å²) in [7, 11) is 0. The molecule has 1 saturated carbocycles. The highest BCUT2D eigenvalue weighted by Crippen LogP contribution is 2.46. The van der Waals surface area contributed by atoms with Crippen LogP contribution in [0.5, 0.6) is 0 Å². The number of benzene rings is 2. The van der Waals surface area contributed by atoms with E-state index in [1.807, 2.05) is 31.3 Å². The molecule has 9 nitrogen and oxygen atoms in total. The van der Waals surface area contributed by atoms with E-state index < -0.39 is 28.4 Å². The molecular formula is C25H21F2N7O2S. The van der Waals surface area contributed by atoms with Gasteiger partial charge in [-0.2, -0.15) is 0 Å². The molecule has 0 saturated heterocycles. The Morgan fingerprint density at radius 3 is 2.65 bits per heavy atom. The third kappa shape index (κ3) is 4.32. The van der Waals surface area contributed by atoms with Gasteiger partial charge in [0.15, 0.2) is 0 Å². The molecule has 2 aromatic carbocycles. The lowest BCUT2D eigenvalue weighted by Gasteiger charge is -2.18. The van der Waals surface area contributed by atoms with Crippen molar-refractivity contribution in [2.75, 3.05) is 0 Å². The molecule has 37 heavy (non-hydrogen) atoms. The Bertz CT molecular complexity index is 1680. The van der Waals surface area contributed by atoms with E-state index in [0.29, 0.717) is 42.0 Å². The van der Waals surface area contributed by atoms with E-state index in [9.17, 15) is 17.5 Å². The topological polar surface area (TPSA) is 111 Å². The number of halogens is 2. The molecule has 12 heteroatoms. The van der Waals surface area contributed by atoms with Gasteiger partial charge in [-0.1, -0.05) is 11.3 Å². The molecule has 6 rings (SSSR count). The third-order valence-electron chi connectivity index (χ3n) is 6.53. The van der Waals surface area contributed by atoms with Gasteiger partial charge in [-0.25, -0.2) is 27.7 Å². The van der Waals surface area contributed by atoms with Crippen LogP contribution in [0.4, 0.5) is 8.78 Å². The minimum absolute atomic E-state index is 0.193. The van der Waals surface area contributed by atoms with Crippen molar-refractivity contribution in [2.45, 2.75) is 31.8 Å². The zero-order valence-corrected chi connectivity index (χ0v) is 20.4. The summed E-state index contributed by atoms with van der Waals surface area (Å²) in [6, 6.07) is 12.4. The number of hydrogen-bond donors (Lipinski definition) is 2. The average Bonchev–Trinajstić information content (AvgIpc) is 3.30. The average molecular weight is 522 g/mol. The maximum atomic E-state index is 14.8. The minimum Gasteiger partial charge on any atom is -0.294 e. The van der Waals surface area contributed by atoms with Crippen LogP contribution in [0.2, 0.25) is 0 Å². The molecule has 0 amide bonds. The number of nitrogens with one attached hydrogen (secondary N) is 1. The van der Waals surface area contributed by atoms with E-state index in [-0.39, 0.29) is 5.56 Å². The third-order valence-corrected chi connectivity index (χ3v) is 7.09. The van der Waals surface area contributed by atoms with Gasteiger partial charge < -0.3 is 0 Å². The number of aryl methyl sites for hydroxylation is 1. The molecule has 3 aromatic heterocycles. The molecule has 1 unspecified atom stereocenters. The van der Waals surface area contributed by atoms with Crippen molar-refractivity contribution in [3.05, 3.63) is 78.4 Å². The lowest BCUT2D eigenvalue weighted by atomic mass is 10.0. The molecule has 2 N–H and O–H groups in total. The Morgan fingerprint density at radius 2 is 1.95 bits per heavy atom. The second-order valence-electron chi connectivity index (χ2n) is 8.93. The maximum absolute atomic E-state index is 14.8. The molecule has 3 heterocycles. The first-order chi connectivity index (χ1) is 17.8. The molecule has 1 aliphatic carbocycles. The van der Waals surface area contributed by atoms with Crippen molar-refractivity contribution in [1.82, 2.24) is 34.3 Å². The summed E-state index contributed by atoms with van der Waals surface area (Å²) >= 11 is -2.26. The summed E-state index contributed by atoms with van der Waals surface area (Å²) in [5.74, 6) is -0.950. The largest absolute Gasteiger partial charge is 0.294 e. The van der Waals surface area contributed by atoms with Gasteiger partial charge in [-0.15, -0.1) is 5.10 Å². The Labute approximate surface area is 212 Å². The van der Waals surface area contributed by atoms with Crippen LogP contribution in [0.1, 0.15) is 25.5 Å². The number of nitrogens with zero attached hydrogens (tertiary/aromatic N) is 6. The SMILES string of the molecule is CCn1cc(-c2ccc3c(c2)ncn3-c2cc(-c3ccc(F)cc3F)cc(C3(NS(=O)O)CC3)n2)nn1. The standard InChI is InChI=1S/C25H21F2N7O2S/c1-2-33-13-21(30-32-33)15-3-6-22-20(9-15)28-14-34(22)24-11-16(18-5-4-17(26)12-19(18)27)10-23(29-24)25(7-8-25)31-37(35)36/h3-6,9-14,31H,2,7-8H2,1H3,(H,35,36). The summed E-state index contributed by atoms with van der Waals surface area (Å²) in [4.78, 5) is 9.31. The van der Waals surface area contributed by atoms with Gasteiger partial charge in [0.05, 0.1) is 28.5 Å². The molecule has 1 aliphatic rings. The number of fused-ring (bicyclic) bond motifs is 1. The number of hydrogen-bond acceptors (Lipinski definition) is 5. The van der Waals surface area contributed by atoms with Crippen LogP contribution in [0.3, 0.4) is 0 Å². The summed E-state index contributed by atoms with van der Waals surface area (Å²) in [5.41, 5.74) is 3.37. The lowest BCUT2D eigenvalue weighted by molar-refractivity contribution is 0.518. The first kappa shape index (κ1) is 23.5. The second-order valence-corrected chi connectivity index (χ2v) is 9.64. The van der Waals surface area contributed by atoms with Crippen molar-refractivity contribution in [3.8, 4) is 28.2 Å². The molecule has 0 spiro atoms. The molecular weight excluding hydrogens is 500 g/mol. The van der Waals surface area contributed by atoms with Crippen LogP contribution in [0.15, 0.2) is 61.1 Å². The number of pyridine rings is 1. The van der Waals surface area contributed by atoms with Gasteiger partial charge >= 0.3 is 0 Å². The highest BCUT2D eigenvalue weighted by Gasteiger charge is 2.47. The van der Waals surface area contributed by atoms with Crippen molar-refractivity contribution in [2.24, 2.45) is 0 Å². The smallest absolute Gasteiger partial charge is 0.232 e. The van der Waals surface area contributed by atoms with Gasteiger partial charge in [0.2, 0.25) is 11.3 Å². The fourth-order valence-electron chi connectivity index (χ4n) is 4.41. The van der Waals surface area contributed by atoms with E-state index >= 15 is 0 Å². The molecule has 1 fully saturated rings. The van der Waals surface area contributed by atoms with E-state index in [4.69, 9.17) is 4.98 Å². The van der Waals surface area contributed by atoms with Crippen molar-refractivity contribution in [3.63, 3.8) is 0 Å². The second kappa shape index (κ2) is 8.91. The zero-order valence-electron chi connectivity index (χ0n) is 19.6. The van der Waals surface area contributed by atoms with Gasteiger partial charge in [0.25, 0.3) is 0 Å². The van der Waals surface area contributed by atoms with Crippen LogP contribution in [0, 0.1) is 11.6 Å². The maximum Gasteiger partial charge on any atom is 0.232 e. The van der Waals surface area contributed by atoms with E-state index in [1.54, 1.807) is 27.7 Å². The van der Waals surface area contributed by atoms with E-state index in [2.05, 4.69) is 20.0 Å². The van der Waals surface area contributed by atoms with Crippen molar-refractivity contribution < 1.29 is 17.5 Å². The first-order valence-electron chi connectivity index (χ1n) is 11.6. The van der Waals surface area contributed by atoms with Gasteiger partial charge in [-0.05, 0) is 61.7 Å². The van der Waals surface area contributed by atoms with E-state index in [0.717, 1.165) is 22.8 Å². The Balaban J connectivity index is 1.48. The molecule has 5 aromatic rings. The Kier molecular flexibility index (Phi) is 5.66. The summed E-state index contributed by atoms with van der Waals surface area (Å²) in [6.07, 6.45) is 4.66. The highest BCUT2D eigenvalue weighted by molar-refractivity contribution is 7.77. The van der Waals surface area contributed by atoms with Gasteiger partial charge in [-0.3, -0.25) is 13.8 Å². The fraction of sp³-hybridized carbons (Fsp3) is 0.200. The summed E-state index contributed by atoms with van der Waals surface area (Å²) in [6.45, 7) is 2.69. The first-order valence-corrected chi connectivity index (χ1v) is 12.7. The van der Waals surface area contributed by atoms with Crippen LogP contribution in [-0.2, 0) is 23.4 Å². The lowest BCUT2D eigenvalue weighted by Crippen LogP contribution is -2.31. The summed E-state index contributed by atoms with van der Waals surface area (Å²) < 4.78 is 55.6. The van der Waals surface area contributed by atoms with E-state index in [1.165, 1.54) is 12.1 Å². The zero-order chi connectivity index (χ0) is 25.7. The predicted molar refractivity (Wildman–Crippen MR) is 134 cm³/mol. The quantitative estimate of drug-likeness (QED) is 0.308. The molecule has 188 valence electrons. The van der Waals surface area contributed by atoms with Gasteiger partial charge in [0, 0.05) is 23.7 Å². The molecule has 0 aliphatic heterocycles. The fourth-order valence-corrected chi connectivity index (χ4v) is 5.05. The monoisotopic (exact) mass is 521 g/mol. The van der Waals surface area contributed by atoms with Crippen LogP contribution < -0.4 is 4.72 Å². The molecule has 1 atom stereocenters. The number of aromatic nitrogens is 6. The molecule has 0 bridgehead atoms. The summed E-state index contributed by atoms with van der Waals surface area (Å²) in [5, 5.41) is 8.29. The Morgan fingerprint density at radius 1 is 1.11 bits per heavy atom. The van der Waals surface area contributed by atoms with Crippen LogP contribution >= 0.6 is 0 Å². The van der Waals surface area contributed by atoms with Gasteiger partial charge in [0.1, 0.15) is 29.5 Å². The predicted octanol–water partition coefficient (Wildman–Crippen LogP) is 4.36. The van der Waals surface area contributed by atoms with Crippen LogP contribution in [-0.4, -0.2) is 38.3 Å². The van der Waals surface area contributed by atoms with Crippen molar-refractivity contribution in [1.29, 1.82) is 0 Å². The Hall–Kier alpha value is -3.87. The van der Waals surface area contributed by atoms with Crippen LogP contribution in [0.25, 0.3) is 39.2 Å².